The van der Waals surface area contributed by atoms with Gasteiger partial charge in [0.15, 0.2) is 10.6 Å². The number of benzene rings is 2. The Hall–Kier alpha value is -2.50. The lowest BCUT2D eigenvalue weighted by Gasteiger charge is -1.99. The summed E-state index contributed by atoms with van der Waals surface area (Å²) < 4.78 is 2.08. The zero-order valence-corrected chi connectivity index (χ0v) is 16.4. The summed E-state index contributed by atoms with van der Waals surface area (Å²) in [5.74, 6) is 0. The van der Waals surface area contributed by atoms with Crippen molar-refractivity contribution in [3.8, 4) is 11.3 Å². The van der Waals surface area contributed by atoms with E-state index in [0.29, 0.717) is 0 Å². The number of thiazole rings is 1. The van der Waals surface area contributed by atoms with Crippen molar-refractivity contribution in [3.05, 3.63) is 65.2 Å². The Bertz CT molecular complexity index is 1080. The molecule has 0 saturated heterocycles. The van der Waals surface area contributed by atoms with Gasteiger partial charge in [0.25, 0.3) is 0 Å². The molecule has 0 unspecified atom stereocenters. The highest BCUT2D eigenvalue weighted by molar-refractivity contribution is 7.15. The smallest absolute Gasteiger partial charge is 0.317 e. The van der Waals surface area contributed by atoms with E-state index in [-0.39, 0.29) is 12.4 Å². The highest BCUT2D eigenvalue weighted by Gasteiger charge is 2.18. The number of nitrogens with zero attached hydrogens (tertiary/aromatic N) is 3. The van der Waals surface area contributed by atoms with Crippen molar-refractivity contribution in [1.82, 2.24) is 9.55 Å². The van der Waals surface area contributed by atoms with Crippen LogP contribution in [0.5, 0.6) is 0 Å². The van der Waals surface area contributed by atoms with Crippen molar-refractivity contribution in [1.29, 1.82) is 0 Å². The first-order valence-corrected chi connectivity index (χ1v) is 9.00. The lowest BCUT2D eigenvalue weighted by molar-refractivity contribution is -0.00000513. The zero-order valence-electron chi connectivity index (χ0n) is 14.8. The Kier molecular flexibility index (Phi) is 5.20. The Labute approximate surface area is 162 Å². The Balaban J connectivity index is 0.00000196. The molecule has 0 spiro atoms. The summed E-state index contributed by atoms with van der Waals surface area (Å²) in [4.78, 5) is 4.75. The number of nitrogens with one attached hydrogen (secondary N) is 1. The molecule has 4 aromatic rings. The van der Waals surface area contributed by atoms with Gasteiger partial charge in [0.05, 0.1) is 17.0 Å². The van der Waals surface area contributed by atoms with Crippen LogP contribution in [0.25, 0.3) is 22.2 Å². The number of halogens is 1. The number of H-pyrrole nitrogens is 1. The predicted octanol–water partition coefficient (Wildman–Crippen LogP) is 3.55. The summed E-state index contributed by atoms with van der Waals surface area (Å²) in [5, 5.41) is 11.2. The van der Waals surface area contributed by atoms with Crippen LogP contribution in [0.15, 0.2) is 64.8 Å². The summed E-state index contributed by atoms with van der Waals surface area (Å²) in [6.07, 6.45) is 0. The molecule has 6 heteroatoms. The normalized spacial score (nSPS) is 11.2. The van der Waals surface area contributed by atoms with E-state index < -0.39 is 0 Å². The molecule has 4 nitrogen and oxygen atoms in total. The molecule has 2 aromatic heterocycles. The number of rotatable bonds is 3. The minimum Gasteiger partial charge on any atom is -1.00 e. The molecule has 0 aliphatic carbocycles. The van der Waals surface area contributed by atoms with Gasteiger partial charge >= 0.3 is 5.13 Å². The predicted molar refractivity (Wildman–Crippen MR) is 105 cm³/mol. The van der Waals surface area contributed by atoms with Gasteiger partial charge in [-0.3, -0.25) is 0 Å². The fourth-order valence-corrected chi connectivity index (χ4v) is 3.80. The molecular formula is C20H19ClN4S. The number of aromatic nitrogens is 2. The van der Waals surface area contributed by atoms with Crippen molar-refractivity contribution in [3.63, 3.8) is 0 Å². The number of para-hydroxylation sites is 1. The monoisotopic (exact) mass is 382 g/mol. The molecule has 0 atom stereocenters. The van der Waals surface area contributed by atoms with Gasteiger partial charge in [0.1, 0.15) is 5.69 Å². The van der Waals surface area contributed by atoms with Crippen LogP contribution in [-0.4, -0.2) is 9.55 Å². The van der Waals surface area contributed by atoms with Crippen LogP contribution in [0.4, 0.5) is 10.8 Å². The first kappa shape index (κ1) is 18.3. The second-order valence-electron chi connectivity index (χ2n) is 6.05. The van der Waals surface area contributed by atoms with Gasteiger partial charge in [0.2, 0.25) is 0 Å². The van der Waals surface area contributed by atoms with E-state index in [1.165, 1.54) is 10.6 Å². The largest absolute Gasteiger partial charge is 1.00 e. The average Bonchev–Trinajstić information content (AvgIpc) is 3.13. The van der Waals surface area contributed by atoms with Crippen LogP contribution in [0.3, 0.4) is 0 Å². The molecule has 0 radical (unpaired) electrons. The van der Waals surface area contributed by atoms with Crippen molar-refractivity contribution in [2.24, 2.45) is 17.3 Å². The molecule has 2 aromatic carbocycles. The number of aromatic amines is 1. The van der Waals surface area contributed by atoms with Crippen LogP contribution < -0.4 is 12.4 Å². The SMILES string of the molecule is Cc1s[c+](N=Nc2c(-c3ccccc3)[nH]c3ccccc23)n(C)c1C.[Cl-]. The summed E-state index contributed by atoms with van der Waals surface area (Å²) in [7, 11) is 2.03. The van der Waals surface area contributed by atoms with E-state index >= 15 is 0 Å². The molecule has 0 aliphatic rings. The molecule has 0 saturated carbocycles. The molecule has 26 heavy (non-hydrogen) atoms. The summed E-state index contributed by atoms with van der Waals surface area (Å²) >= 11 is 1.66. The molecular weight excluding hydrogens is 364 g/mol. The second-order valence-corrected chi connectivity index (χ2v) is 7.23. The lowest BCUT2D eigenvalue weighted by Crippen LogP contribution is -3.00. The van der Waals surface area contributed by atoms with Crippen LogP contribution in [0.1, 0.15) is 10.6 Å². The fourth-order valence-electron chi connectivity index (χ4n) is 2.88. The Morgan fingerprint density at radius 3 is 2.38 bits per heavy atom. The first-order valence-electron chi connectivity index (χ1n) is 8.19. The highest BCUT2D eigenvalue weighted by atomic mass is 35.5. The maximum absolute atomic E-state index is 4.64. The topological polar surface area (TPSA) is 45.4 Å². The number of hydrogen-bond donors (Lipinski definition) is 1. The number of azo groups is 1. The van der Waals surface area contributed by atoms with Crippen LogP contribution in [0.2, 0.25) is 0 Å². The molecule has 132 valence electrons. The van der Waals surface area contributed by atoms with Crippen LogP contribution >= 0.6 is 11.3 Å². The molecule has 0 bridgehead atoms. The van der Waals surface area contributed by atoms with Crippen molar-refractivity contribution >= 4 is 33.1 Å². The molecule has 4 rings (SSSR count). The van der Waals surface area contributed by atoms with E-state index in [9.17, 15) is 0 Å². The van der Waals surface area contributed by atoms with Crippen LogP contribution in [0, 0.1) is 13.8 Å². The van der Waals surface area contributed by atoms with Gasteiger partial charge < -0.3 is 17.4 Å². The highest BCUT2D eigenvalue weighted by Crippen LogP contribution is 2.38. The van der Waals surface area contributed by atoms with E-state index in [1.54, 1.807) is 11.3 Å². The van der Waals surface area contributed by atoms with Gasteiger partial charge in [-0.15, -0.1) is 5.11 Å². The van der Waals surface area contributed by atoms with E-state index in [1.807, 2.05) is 37.4 Å². The van der Waals surface area contributed by atoms with Gasteiger partial charge in [0, 0.05) is 37.4 Å². The molecule has 0 amide bonds. The average molecular weight is 383 g/mol. The van der Waals surface area contributed by atoms with Crippen molar-refractivity contribution in [2.45, 2.75) is 13.8 Å². The lowest BCUT2D eigenvalue weighted by atomic mass is 10.1. The maximum Gasteiger partial charge on any atom is 0.317 e. The third kappa shape index (κ3) is 3.16. The second kappa shape index (κ2) is 7.40. The zero-order chi connectivity index (χ0) is 17.4. The number of aryl methyl sites for hydroxylation is 1. The quantitative estimate of drug-likeness (QED) is 0.416. The van der Waals surface area contributed by atoms with Crippen molar-refractivity contribution < 1.29 is 12.4 Å². The van der Waals surface area contributed by atoms with E-state index in [4.69, 9.17) is 0 Å². The van der Waals surface area contributed by atoms with Crippen molar-refractivity contribution in [2.75, 3.05) is 0 Å². The third-order valence-corrected chi connectivity index (χ3v) is 5.66. The van der Waals surface area contributed by atoms with E-state index in [2.05, 4.69) is 57.9 Å². The molecule has 1 N–H and O–H groups in total. The third-order valence-electron chi connectivity index (χ3n) is 4.52. The summed E-state index contributed by atoms with van der Waals surface area (Å²) in [6, 6.07) is 18.5. The Morgan fingerprint density at radius 2 is 1.69 bits per heavy atom. The Morgan fingerprint density at radius 1 is 1.00 bits per heavy atom. The van der Waals surface area contributed by atoms with Gasteiger partial charge in [-0.25, -0.2) is 4.57 Å². The van der Waals surface area contributed by atoms with Gasteiger partial charge in [-0.05, 0) is 11.2 Å². The number of hydrogen-bond acceptors (Lipinski definition) is 3. The van der Waals surface area contributed by atoms with Gasteiger partial charge in [-0.2, -0.15) is 0 Å². The van der Waals surface area contributed by atoms with E-state index in [0.717, 1.165) is 33.0 Å². The first-order chi connectivity index (χ1) is 12.1. The summed E-state index contributed by atoms with van der Waals surface area (Å²) in [5.41, 5.74) is 5.28. The summed E-state index contributed by atoms with van der Waals surface area (Å²) in [6.45, 7) is 4.21. The standard InChI is InChI=1S/C20H19N4S.ClH/c1-13-14(2)25-20(24(13)3)23-22-19-16-11-7-8-12-17(16)21-18(19)15-9-5-4-6-10-15;/h4-12,21H,1-3H3;1H/q+1;/p-1. The minimum absolute atomic E-state index is 0. The maximum atomic E-state index is 4.64. The fraction of sp³-hybridized carbons (Fsp3) is 0.150. The molecule has 2 heterocycles. The molecule has 0 aliphatic heterocycles. The molecule has 0 fully saturated rings. The van der Waals surface area contributed by atoms with Gasteiger partial charge in [-0.1, -0.05) is 48.5 Å². The van der Waals surface area contributed by atoms with Crippen LogP contribution in [-0.2, 0) is 7.05 Å². The minimum atomic E-state index is 0. The number of fused-ring (bicyclic) bond motifs is 1.